The molecule has 0 aliphatic rings. The summed E-state index contributed by atoms with van der Waals surface area (Å²) in [6, 6.07) is 13.3. The predicted octanol–water partition coefficient (Wildman–Crippen LogP) is 4.31. The fraction of sp³-hybridized carbons (Fsp3) is 0.158. The topological polar surface area (TPSA) is 75.2 Å². The first kappa shape index (κ1) is 18.5. The van der Waals surface area contributed by atoms with Crippen LogP contribution in [0.1, 0.15) is 16.7 Å². The normalized spacial score (nSPS) is 10.7. The second kappa shape index (κ2) is 8.40. The number of H-pyrrole nitrogens is 1. The van der Waals surface area contributed by atoms with E-state index in [9.17, 15) is 4.79 Å². The lowest BCUT2D eigenvalue weighted by Crippen LogP contribution is -2.14. The minimum Gasteiger partial charge on any atom is -0.457 e. The van der Waals surface area contributed by atoms with E-state index in [4.69, 9.17) is 21.4 Å². The molecule has 7 heteroatoms. The van der Waals surface area contributed by atoms with Gasteiger partial charge in [-0.2, -0.15) is 0 Å². The van der Waals surface area contributed by atoms with Gasteiger partial charge in [0, 0.05) is 17.0 Å². The van der Waals surface area contributed by atoms with E-state index in [0.29, 0.717) is 15.9 Å². The molecule has 0 fully saturated rings. The van der Waals surface area contributed by atoms with Crippen molar-refractivity contribution in [3.63, 3.8) is 0 Å². The third kappa shape index (κ3) is 4.66. The molecule has 2 N–H and O–H groups in total. The minimum atomic E-state index is -0.318. The zero-order valence-corrected chi connectivity index (χ0v) is 15.6. The Morgan fingerprint density at radius 1 is 1.19 bits per heavy atom. The number of ether oxygens (including phenoxy) is 1. The number of aliphatic hydroxyl groups is 1. The molecule has 0 amide bonds. The van der Waals surface area contributed by atoms with Gasteiger partial charge in [-0.15, -0.1) is 0 Å². The van der Waals surface area contributed by atoms with Crippen LogP contribution in [0.25, 0.3) is 0 Å². The fourth-order valence-electron chi connectivity index (χ4n) is 2.21. The van der Waals surface area contributed by atoms with E-state index in [-0.39, 0.29) is 17.7 Å². The van der Waals surface area contributed by atoms with Gasteiger partial charge in [0.05, 0.1) is 12.2 Å². The Balaban J connectivity index is 1.61. The van der Waals surface area contributed by atoms with Crippen LogP contribution in [0.2, 0.25) is 5.02 Å². The third-order valence-electron chi connectivity index (χ3n) is 3.68. The number of aromatic amines is 1. The number of nitrogens with zero attached hydrogens (tertiary/aromatic N) is 1. The van der Waals surface area contributed by atoms with Gasteiger partial charge < -0.3 is 14.8 Å². The van der Waals surface area contributed by atoms with Crippen molar-refractivity contribution in [1.82, 2.24) is 9.97 Å². The second-order valence-corrected chi connectivity index (χ2v) is 7.02. The monoisotopic (exact) mass is 388 g/mol. The van der Waals surface area contributed by atoms with Gasteiger partial charge in [0.25, 0.3) is 5.56 Å². The lowest BCUT2D eigenvalue weighted by atomic mass is 10.2. The average molecular weight is 389 g/mol. The van der Waals surface area contributed by atoms with Gasteiger partial charge in [0.15, 0.2) is 5.16 Å². The number of aromatic nitrogens is 2. The quantitative estimate of drug-likeness (QED) is 0.486. The van der Waals surface area contributed by atoms with Crippen LogP contribution in [0.15, 0.2) is 58.6 Å². The number of hydrogen-bond donors (Lipinski definition) is 2. The molecule has 5 nitrogen and oxygen atoms in total. The number of halogens is 1. The molecular formula is C19H17ClN2O3S. The summed E-state index contributed by atoms with van der Waals surface area (Å²) in [6.45, 7) is 1.61. The summed E-state index contributed by atoms with van der Waals surface area (Å²) in [6.07, 6.45) is 1.40. The molecule has 134 valence electrons. The van der Waals surface area contributed by atoms with Crippen LogP contribution >= 0.6 is 23.4 Å². The molecule has 0 saturated carbocycles. The van der Waals surface area contributed by atoms with Gasteiger partial charge in [-0.05, 0) is 48.4 Å². The highest BCUT2D eigenvalue weighted by Crippen LogP contribution is 2.27. The van der Waals surface area contributed by atoms with Crippen molar-refractivity contribution in [1.29, 1.82) is 0 Å². The Labute approximate surface area is 160 Å². The lowest BCUT2D eigenvalue weighted by molar-refractivity contribution is 0.279. The number of thioether (sulfide) groups is 1. The molecule has 0 aliphatic carbocycles. The molecule has 26 heavy (non-hydrogen) atoms. The number of benzene rings is 2. The van der Waals surface area contributed by atoms with Crippen molar-refractivity contribution in [2.45, 2.75) is 24.4 Å². The van der Waals surface area contributed by atoms with Crippen molar-refractivity contribution in [3.05, 3.63) is 80.7 Å². The number of rotatable bonds is 6. The molecule has 0 bridgehead atoms. The first-order chi connectivity index (χ1) is 12.5. The lowest BCUT2D eigenvalue weighted by Gasteiger charge is -2.08. The molecule has 3 aromatic rings. The summed E-state index contributed by atoms with van der Waals surface area (Å²) < 4.78 is 5.82. The summed E-state index contributed by atoms with van der Waals surface area (Å²) in [5.74, 6) is 2.13. The minimum absolute atomic E-state index is 0.258. The van der Waals surface area contributed by atoms with Crippen LogP contribution in [-0.4, -0.2) is 15.1 Å². The van der Waals surface area contributed by atoms with E-state index in [0.717, 1.165) is 22.6 Å². The van der Waals surface area contributed by atoms with Crippen molar-refractivity contribution in [2.24, 2.45) is 0 Å². The Kier molecular flexibility index (Phi) is 5.98. The van der Waals surface area contributed by atoms with Crippen LogP contribution in [0.4, 0.5) is 0 Å². The first-order valence-electron chi connectivity index (χ1n) is 7.90. The van der Waals surface area contributed by atoms with Crippen LogP contribution in [0.5, 0.6) is 11.5 Å². The molecule has 3 rings (SSSR count). The maximum atomic E-state index is 11.7. The largest absolute Gasteiger partial charge is 0.457 e. The van der Waals surface area contributed by atoms with Gasteiger partial charge in [0.1, 0.15) is 11.5 Å². The van der Waals surface area contributed by atoms with E-state index >= 15 is 0 Å². The van der Waals surface area contributed by atoms with E-state index in [2.05, 4.69) is 9.97 Å². The Hall–Kier alpha value is -2.28. The molecule has 2 aromatic carbocycles. The number of aryl methyl sites for hydroxylation is 1. The number of aliphatic hydroxyl groups excluding tert-OH is 1. The highest BCUT2D eigenvalue weighted by Gasteiger charge is 2.04. The summed E-state index contributed by atoms with van der Waals surface area (Å²) in [5, 5.41) is 10.2. The third-order valence-corrected chi connectivity index (χ3v) is 5.07. The Morgan fingerprint density at radius 3 is 2.58 bits per heavy atom. The molecule has 0 unspecified atom stereocenters. The van der Waals surface area contributed by atoms with Crippen molar-refractivity contribution in [2.75, 3.05) is 0 Å². The highest BCUT2D eigenvalue weighted by atomic mass is 35.5. The zero-order valence-electron chi connectivity index (χ0n) is 14.0. The van der Waals surface area contributed by atoms with Crippen LogP contribution < -0.4 is 10.3 Å². The average Bonchev–Trinajstić information content (AvgIpc) is 2.64. The molecule has 1 heterocycles. The Bertz CT molecular complexity index is 958. The maximum absolute atomic E-state index is 11.7. The maximum Gasteiger partial charge on any atom is 0.257 e. The van der Waals surface area contributed by atoms with Crippen molar-refractivity contribution < 1.29 is 9.84 Å². The summed E-state index contributed by atoms with van der Waals surface area (Å²) in [4.78, 5) is 18.4. The van der Waals surface area contributed by atoms with Gasteiger partial charge in [-0.3, -0.25) is 4.79 Å². The summed E-state index contributed by atoms with van der Waals surface area (Å²) in [5.41, 5.74) is 1.98. The molecule has 0 saturated heterocycles. The van der Waals surface area contributed by atoms with Gasteiger partial charge >= 0.3 is 0 Å². The molecule has 0 spiro atoms. The molecule has 1 aromatic heterocycles. The van der Waals surface area contributed by atoms with Gasteiger partial charge in [-0.25, -0.2) is 4.98 Å². The summed E-state index contributed by atoms with van der Waals surface area (Å²) >= 11 is 7.44. The SMILES string of the molecule is Cc1cc(Oc2ccc(CSc3ncc(CO)c(=O)[nH]3)cc2)ccc1Cl. The van der Waals surface area contributed by atoms with Crippen LogP contribution in [0, 0.1) is 6.92 Å². The standard InChI is InChI=1S/C19H17ClN2O3S/c1-12-8-16(6-7-17(12)20)25-15-4-2-13(3-5-15)11-26-19-21-9-14(10-23)18(24)22-19/h2-9,23H,10-11H2,1H3,(H,21,22,24). The predicted molar refractivity (Wildman–Crippen MR) is 103 cm³/mol. The number of hydrogen-bond acceptors (Lipinski definition) is 5. The van der Waals surface area contributed by atoms with Crippen molar-refractivity contribution >= 4 is 23.4 Å². The first-order valence-corrected chi connectivity index (χ1v) is 9.26. The second-order valence-electron chi connectivity index (χ2n) is 5.65. The fourth-order valence-corrected chi connectivity index (χ4v) is 3.12. The zero-order chi connectivity index (χ0) is 18.5. The van der Waals surface area contributed by atoms with Crippen LogP contribution in [-0.2, 0) is 12.4 Å². The highest BCUT2D eigenvalue weighted by molar-refractivity contribution is 7.98. The number of nitrogens with one attached hydrogen (secondary N) is 1. The van der Waals surface area contributed by atoms with E-state index in [1.165, 1.54) is 18.0 Å². The van der Waals surface area contributed by atoms with E-state index < -0.39 is 0 Å². The smallest absolute Gasteiger partial charge is 0.257 e. The van der Waals surface area contributed by atoms with Crippen LogP contribution in [0.3, 0.4) is 0 Å². The molecule has 0 atom stereocenters. The Morgan fingerprint density at radius 2 is 1.92 bits per heavy atom. The molecular weight excluding hydrogens is 372 g/mol. The van der Waals surface area contributed by atoms with Gasteiger partial charge in [-0.1, -0.05) is 35.5 Å². The summed E-state index contributed by atoms with van der Waals surface area (Å²) in [7, 11) is 0. The van der Waals surface area contributed by atoms with E-state index in [1.54, 1.807) is 0 Å². The van der Waals surface area contributed by atoms with Gasteiger partial charge in [0.2, 0.25) is 0 Å². The van der Waals surface area contributed by atoms with Crippen molar-refractivity contribution in [3.8, 4) is 11.5 Å². The molecule has 0 aliphatic heterocycles. The van der Waals surface area contributed by atoms with E-state index in [1.807, 2.05) is 49.4 Å². The molecule has 0 radical (unpaired) electrons.